The number of allylic oxidation sites excluding steroid dienone is 2. The van der Waals surface area contributed by atoms with Crippen LogP contribution in [0.3, 0.4) is 0 Å². The van der Waals surface area contributed by atoms with E-state index in [1.165, 1.54) is 6.07 Å². The molecule has 0 fully saturated rings. The largest absolute Gasteiger partial charge is 0.507 e. The molecule has 15 heteroatoms. The maximum atomic E-state index is 14.2. The molecule has 2 amide bonds. The molecular formula is C33H21ClN4O10. The third-order valence-corrected chi connectivity index (χ3v) is 9.32. The number of Topliss-reactive ketones (excluding diaryl/α,β-unsaturated/α-hetero) is 3. The van der Waals surface area contributed by atoms with Crippen molar-refractivity contribution in [1.29, 1.82) is 0 Å². The molecule has 0 saturated carbocycles. The number of urea groups is 1. The number of fused-ring (bicyclic) bond motifs is 5. The highest BCUT2D eigenvalue weighted by Crippen LogP contribution is 2.58. The quantitative estimate of drug-likeness (QED) is 0.0921. The van der Waals surface area contributed by atoms with E-state index in [2.05, 4.69) is 10.1 Å². The lowest BCUT2D eigenvalue weighted by Crippen LogP contribution is -2.36. The number of aromatic nitrogens is 1. The van der Waals surface area contributed by atoms with Crippen LogP contribution in [-0.2, 0) is 16.6 Å². The lowest BCUT2D eigenvalue weighted by molar-refractivity contribution is 0.0790. The number of primary amides is 1. The molecule has 0 bridgehead atoms. The van der Waals surface area contributed by atoms with Crippen molar-refractivity contribution in [2.75, 3.05) is 12.1 Å². The minimum atomic E-state index is -2.26. The van der Waals surface area contributed by atoms with Crippen LogP contribution in [0.5, 0.6) is 17.2 Å². The Balaban J connectivity index is 1.39. The monoisotopic (exact) mass is 668 g/mol. The maximum Gasteiger partial charge on any atom is 0.340 e. The standard InChI is InChI=1S/C33H21ClN4O10/c1-48-17-10-16(39)19-20(25(17)40)27(42)22-21(26(19)41)29(44)33(30(22)45)8-7-14-23(33)28(43)18-15(24(14)34)9-12(37-31(18)46)11-36-38(32(35)47)13-5-3-2-4-6-13/h2-6,9-11,41-43H,7-8H2,1H3,(H2,35,47)(H,37,46)/b36-11+/t33-/m0/s1. The normalized spacial score (nSPS) is 18.0. The molecular weight excluding hydrogens is 648 g/mol. The number of nitrogens with zero attached hydrogens (tertiary/aromatic N) is 2. The van der Waals surface area contributed by atoms with E-state index in [1.807, 2.05) is 0 Å². The molecule has 7 rings (SSSR count). The Morgan fingerprint density at radius 1 is 1.00 bits per heavy atom. The zero-order valence-electron chi connectivity index (χ0n) is 24.6. The number of hydrogen-bond donors (Lipinski definition) is 5. The number of H-pyrrole nitrogens is 1. The predicted octanol–water partition coefficient (Wildman–Crippen LogP) is 3.39. The second-order valence-corrected chi connectivity index (χ2v) is 11.6. The number of ether oxygens (including phenoxy) is 1. The molecule has 6 N–H and O–H groups in total. The van der Waals surface area contributed by atoms with E-state index < -0.39 is 85.4 Å². The van der Waals surface area contributed by atoms with Crippen molar-refractivity contribution in [2.24, 2.45) is 10.8 Å². The van der Waals surface area contributed by atoms with Gasteiger partial charge in [-0.2, -0.15) is 10.1 Å². The van der Waals surface area contributed by atoms with Gasteiger partial charge in [-0.3, -0.25) is 24.0 Å². The van der Waals surface area contributed by atoms with Crippen molar-refractivity contribution >= 4 is 63.4 Å². The molecule has 1 heterocycles. The van der Waals surface area contributed by atoms with Crippen molar-refractivity contribution in [3.05, 3.63) is 103 Å². The zero-order chi connectivity index (χ0) is 34.4. The summed E-state index contributed by atoms with van der Waals surface area (Å²) in [5, 5.41) is 38.5. The molecule has 3 aromatic carbocycles. The number of amides is 2. The first-order valence-corrected chi connectivity index (χ1v) is 14.6. The van der Waals surface area contributed by atoms with Crippen molar-refractivity contribution in [1.82, 2.24) is 4.98 Å². The van der Waals surface area contributed by atoms with Crippen LogP contribution in [0.1, 0.15) is 64.7 Å². The summed E-state index contributed by atoms with van der Waals surface area (Å²) in [6.07, 6.45) is 1.58. The summed E-state index contributed by atoms with van der Waals surface area (Å²) in [6, 6.07) is 8.68. The molecule has 48 heavy (non-hydrogen) atoms. The van der Waals surface area contributed by atoms with Crippen LogP contribution in [0.4, 0.5) is 10.5 Å². The maximum absolute atomic E-state index is 14.2. The van der Waals surface area contributed by atoms with E-state index in [9.17, 15) is 44.1 Å². The smallest absolute Gasteiger partial charge is 0.340 e. The Kier molecular flexibility index (Phi) is 6.56. The minimum Gasteiger partial charge on any atom is -0.507 e. The Labute approximate surface area is 273 Å². The molecule has 4 aromatic rings. The summed E-state index contributed by atoms with van der Waals surface area (Å²) in [5.41, 5.74) is -0.232. The van der Waals surface area contributed by atoms with Crippen LogP contribution in [0.2, 0.25) is 5.02 Å². The van der Waals surface area contributed by atoms with E-state index in [0.717, 1.165) is 24.4 Å². The van der Waals surface area contributed by atoms with E-state index >= 15 is 0 Å². The first-order chi connectivity index (χ1) is 22.8. The van der Waals surface area contributed by atoms with Crippen LogP contribution in [0.15, 0.2) is 58.1 Å². The Hall–Kier alpha value is -6.28. The van der Waals surface area contributed by atoms with Crippen LogP contribution < -0.4 is 16.3 Å². The number of nitrogens with one attached hydrogen (secondary N) is 1. The van der Waals surface area contributed by atoms with Gasteiger partial charge in [-0.15, -0.1) is 0 Å². The number of carbonyl (C=O) groups excluding carboxylic acids is 5. The van der Waals surface area contributed by atoms with Crippen molar-refractivity contribution < 1.29 is 44.0 Å². The fraction of sp³-hybridized carbons (Fsp3) is 0.121. The van der Waals surface area contributed by atoms with E-state index in [0.29, 0.717) is 5.69 Å². The zero-order valence-corrected chi connectivity index (χ0v) is 25.3. The van der Waals surface area contributed by atoms with Crippen molar-refractivity contribution in [3.63, 3.8) is 0 Å². The van der Waals surface area contributed by atoms with Crippen molar-refractivity contribution in [2.45, 2.75) is 18.3 Å². The summed E-state index contributed by atoms with van der Waals surface area (Å²) in [4.78, 5) is 82.3. The van der Waals surface area contributed by atoms with Gasteiger partial charge < -0.3 is 30.8 Å². The number of anilines is 1. The molecule has 1 spiro atoms. The fourth-order valence-corrected chi connectivity index (χ4v) is 7.15. The molecule has 14 nitrogen and oxygen atoms in total. The molecule has 1 atom stereocenters. The number of para-hydroxylation sites is 1. The number of rotatable bonds is 4. The van der Waals surface area contributed by atoms with Crippen molar-refractivity contribution in [3.8, 4) is 17.2 Å². The number of pyridine rings is 1. The number of phenolic OH excluding ortho intramolecular Hbond substituents is 3. The van der Waals surface area contributed by atoms with Crippen LogP contribution in [0.25, 0.3) is 10.8 Å². The summed E-state index contributed by atoms with van der Waals surface area (Å²) in [7, 11) is 1.11. The number of halogens is 1. The number of methoxy groups -OCH3 is 1. The van der Waals surface area contributed by atoms with Gasteiger partial charge in [0, 0.05) is 17.0 Å². The molecule has 0 unspecified atom stereocenters. The van der Waals surface area contributed by atoms with Gasteiger partial charge in [-0.05, 0) is 36.6 Å². The lowest BCUT2D eigenvalue weighted by Gasteiger charge is -2.23. The summed E-state index contributed by atoms with van der Waals surface area (Å²) in [5.74, 6) is -7.26. The summed E-state index contributed by atoms with van der Waals surface area (Å²) >= 11 is 6.79. The number of aromatic amines is 1. The highest BCUT2D eigenvalue weighted by atomic mass is 35.5. The third-order valence-electron chi connectivity index (χ3n) is 8.89. The van der Waals surface area contributed by atoms with E-state index in [4.69, 9.17) is 22.1 Å². The second kappa shape index (κ2) is 10.4. The highest BCUT2D eigenvalue weighted by Gasteiger charge is 2.62. The van der Waals surface area contributed by atoms with Gasteiger partial charge in [0.2, 0.25) is 5.78 Å². The average molecular weight is 669 g/mol. The van der Waals surface area contributed by atoms with E-state index in [-0.39, 0.29) is 45.5 Å². The number of benzene rings is 3. The van der Waals surface area contributed by atoms with Gasteiger partial charge in [0.05, 0.1) is 57.4 Å². The van der Waals surface area contributed by atoms with Gasteiger partial charge >= 0.3 is 6.03 Å². The predicted molar refractivity (Wildman–Crippen MR) is 170 cm³/mol. The second-order valence-electron chi connectivity index (χ2n) is 11.3. The van der Waals surface area contributed by atoms with Gasteiger partial charge in [0.1, 0.15) is 22.7 Å². The minimum absolute atomic E-state index is 0.0337. The van der Waals surface area contributed by atoms with Gasteiger partial charge in [-0.25, -0.2) is 4.79 Å². The van der Waals surface area contributed by atoms with Crippen LogP contribution >= 0.6 is 11.6 Å². The summed E-state index contributed by atoms with van der Waals surface area (Å²) in [6.45, 7) is 0. The van der Waals surface area contributed by atoms with E-state index in [1.54, 1.807) is 30.3 Å². The Bertz CT molecular complexity index is 2360. The molecule has 3 aliphatic carbocycles. The first-order valence-electron chi connectivity index (χ1n) is 14.2. The number of nitrogens with two attached hydrogens (primary N) is 1. The third kappa shape index (κ3) is 3.83. The molecule has 0 aliphatic heterocycles. The summed E-state index contributed by atoms with van der Waals surface area (Å²) < 4.78 is 4.91. The van der Waals surface area contributed by atoms with Crippen LogP contribution in [0, 0.1) is 0 Å². The molecule has 0 saturated heterocycles. The Morgan fingerprint density at radius 2 is 1.65 bits per heavy atom. The molecule has 1 aromatic heterocycles. The lowest BCUT2D eigenvalue weighted by atomic mass is 9.76. The SMILES string of the molecule is COC1=CC(=O)c2c(O)c3c(c(O)c2C1=O)C(=O)[C@]1(CCc2c1c(O)c1c(=O)[nH]c(/C=N/N(C(N)=O)c4ccccc4)cc1c2Cl)C3=O. The van der Waals surface area contributed by atoms with Gasteiger partial charge in [0.25, 0.3) is 5.56 Å². The Morgan fingerprint density at radius 3 is 2.27 bits per heavy atom. The first kappa shape index (κ1) is 30.4. The number of phenols is 3. The topological polar surface area (TPSA) is 230 Å². The fourth-order valence-electron chi connectivity index (χ4n) is 6.81. The number of ketones is 4. The van der Waals surface area contributed by atoms with Gasteiger partial charge in [-0.1, -0.05) is 29.8 Å². The number of hydrogen-bond acceptors (Lipinski definition) is 11. The number of aromatic hydroxyl groups is 3. The average Bonchev–Trinajstić information content (AvgIpc) is 3.57. The molecule has 240 valence electrons. The van der Waals surface area contributed by atoms with Crippen LogP contribution in [-0.4, -0.2) is 62.8 Å². The van der Waals surface area contributed by atoms with Gasteiger partial charge in [0.15, 0.2) is 23.1 Å². The highest BCUT2D eigenvalue weighted by molar-refractivity contribution is 6.41. The molecule has 3 aliphatic rings. The molecule has 0 radical (unpaired) electrons. The number of carbonyl (C=O) groups is 5. The number of hydrazone groups is 1.